The molecule has 252 valence electrons. The Bertz CT molecular complexity index is 1670. The minimum Gasteiger partial charge on any atom is -0.507 e. The van der Waals surface area contributed by atoms with Gasteiger partial charge in [0.2, 0.25) is 5.78 Å². The van der Waals surface area contributed by atoms with Crippen LogP contribution >= 0.6 is 0 Å². The lowest BCUT2D eigenvalue weighted by atomic mass is 9.75. The fourth-order valence-electron chi connectivity index (χ4n) is 6.45. The Kier molecular flexibility index (Phi) is 10.1. The summed E-state index contributed by atoms with van der Waals surface area (Å²) < 4.78 is 5.70. The van der Waals surface area contributed by atoms with E-state index in [4.69, 9.17) is 4.74 Å². The molecule has 9 atom stereocenters. The van der Waals surface area contributed by atoms with E-state index >= 15 is 0 Å². The van der Waals surface area contributed by atoms with Crippen molar-refractivity contribution in [2.75, 3.05) is 0 Å². The van der Waals surface area contributed by atoms with Crippen molar-refractivity contribution < 1.29 is 54.2 Å². The molecule has 5 aliphatic heterocycles. The SMILES string of the molecule is CC1=CC=CC(C)C(O)C(C)C(O)C(C)C2OC(=O)C(C=C(C)C(=O)c3c(O)c(C)c(O)c4c3C(=O)C=C(NC1=O)C4=O)C(O)C2C. The van der Waals surface area contributed by atoms with Crippen LogP contribution in [0.3, 0.4) is 0 Å². The van der Waals surface area contributed by atoms with E-state index in [2.05, 4.69) is 5.32 Å². The number of hydrogen-bond donors (Lipinski definition) is 6. The molecule has 1 aromatic carbocycles. The summed E-state index contributed by atoms with van der Waals surface area (Å²) >= 11 is 0. The average molecular weight is 652 g/mol. The molecule has 6 bridgehead atoms. The van der Waals surface area contributed by atoms with Gasteiger partial charge in [0, 0.05) is 40.9 Å². The van der Waals surface area contributed by atoms with Crippen LogP contribution < -0.4 is 5.32 Å². The number of aliphatic hydroxyl groups is 3. The van der Waals surface area contributed by atoms with Crippen molar-refractivity contribution in [3.05, 3.63) is 69.5 Å². The summed E-state index contributed by atoms with van der Waals surface area (Å²) in [5.74, 6) is -9.98. The largest absolute Gasteiger partial charge is 0.507 e. The Morgan fingerprint density at radius 1 is 0.723 bits per heavy atom. The number of benzene rings is 1. The van der Waals surface area contributed by atoms with Crippen molar-refractivity contribution in [3.8, 4) is 11.5 Å². The van der Waals surface area contributed by atoms with Gasteiger partial charge in [-0.05, 0) is 26.3 Å². The van der Waals surface area contributed by atoms with Gasteiger partial charge in [0.15, 0.2) is 11.6 Å². The summed E-state index contributed by atoms with van der Waals surface area (Å²) in [7, 11) is 0. The molecule has 1 aromatic rings. The number of phenols is 2. The standard InChI is InChI=1S/C35H41NO11/c1-13-9-8-10-14(2)34(45)36-21-12-22(37)23-24(30(42)17(5)31(43)25(23)32(21)44)27(39)15(3)11-20-29(41)19(7)33(47-35(20)46)18(6)28(40)16(4)26(13)38/h8-13,16,18-20,26,28-29,33,38,40-43H,1-7H3,(H,36,45). The molecule has 5 heterocycles. The molecule has 12 heteroatoms. The van der Waals surface area contributed by atoms with Crippen molar-refractivity contribution in [2.45, 2.75) is 72.9 Å². The number of nitrogens with one attached hydrogen (secondary N) is 1. The first-order valence-electron chi connectivity index (χ1n) is 15.4. The van der Waals surface area contributed by atoms with Crippen molar-refractivity contribution in [1.29, 1.82) is 0 Å². The van der Waals surface area contributed by atoms with Crippen LogP contribution in [-0.2, 0) is 14.3 Å². The molecule has 0 aromatic heterocycles. The van der Waals surface area contributed by atoms with Gasteiger partial charge >= 0.3 is 5.97 Å². The molecule has 0 radical (unpaired) electrons. The van der Waals surface area contributed by atoms with Crippen molar-refractivity contribution in [3.63, 3.8) is 0 Å². The van der Waals surface area contributed by atoms with Crippen LogP contribution in [0.5, 0.6) is 11.5 Å². The number of Topliss-reactive ketones (excluding diaryl/α,β-unsaturated/α-hetero) is 2. The maximum Gasteiger partial charge on any atom is 0.315 e. The summed E-state index contributed by atoms with van der Waals surface area (Å²) in [6, 6.07) is 0. The van der Waals surface area contributed by atoms with Crippen molar-refractivity contribution in [2.24, 2.45) is 29.6 Å². The Morgan fingerprint density at radius 3 is 1.91 bits per heavy atom. The van der Waals surface area contributed by atoms with Crippen LogP contribution in [0, 0.1) is 36.5 Å². The summed E-state index contributed by atoms with van der Waals surface area (Å²) in [6.07, 6.45) is 2.00. The molecule has 1 saturated heterocycles. The highest BCUT2D eigenvalue weighted by Crippen LogP contribution is 2.42. The van der Waals surface area contributed by atoms with Crippen LogP contribution in [0.25, 0.3) is 0 Å². The third-order valence-corrected chi connectivity index (χ3v) is 9.68. The van der Waals surface area contributed by atoms with Crippen LogP contribution in [0.15, 0.2) is 47.2 Å². The Morgan fingerprint density at radius 2 is 1.30 bits per heavy atom. The van der Waals surface area contributed by atoms with Crippen molar-refractivity contribution >= 4 is 29.2 Å². The summed E-state index contributed by atoms with van der Waals surface area (Å²) in [4.78, 5) is 66.9. The molecule has 0 spiro atoms. The lowest BCUT2D eigenvalue weighted by molar-refractivity contribution is -0.186. The second-order valence-electron chi connectivity index (χ2n) is 12.9. The number of carbonyl (C=O) groups excluding carboxylic acids is 5. The van der Waals surface area contributed by atoms with Gasteiger partial charge < -0.3 is 35.6 Å². The summed E-state index contributed by atoms with van der Waals surface area (Å²) in [5.41, 5.74) is -2.54. The maximum absolute atomic E-state index is 13.8. The maximum atomic E-state index is 13.8. The summed E-state index contributed by atoms with van der Waals surface area (Å²) in [6.45, 7) is 10.6. The van der Waals surface area contributed by atoms with Gasteiger partial charge in [-0.25, -0.2) is 0 Å². The van der Waals surface area contributed by atoms with Gasteiger partial charge in [0.25, 0.3) is 5.91 Å². The van der Waals surface area contributed by atoms with Crippen LogP contribution in [-0.4, -0.2) is 79.2 Å². The number of allylic oxidation sites excluding steroid dienone is 5. The first-order chi connectivity index (χ1) is 21.9. The number of esters is 1. The molecule has 1 amide bonds. The molecular weight excluding hydrogens is 610 g/mol. The molecule has 7 rings (SSSR count). The van der Waals surface area contributed by atoms with E-state index < -0.39 is 117 Å². The molecule has 1 fully saturated rings. The van der Waals surface area contributed by atoms with E-state index in [0.717, 1.165) is 12.2 Å². The Balaban J connectivity index is 1.88. The number of phenolic OH excluding ortho intramolecular Hbond substituents is 2. The van der Waals surface area contributed by atoms with E-state index in [9.17, 15) is 49.5 Å². The third-order valence-electron chi connectivity index (χ3n) is 9.68. The number of amides is 1. The molecule has 0 saturated carbocycles. The average Bonchev–Trinajstić information content (AvgIpc) is 3.03. The number of ether oxygens (including phenoxy) is 1. The van der Waals surface area contributed by atoms with Gasteiger partial charge in [0.05, 0.1) is 40.7 Å². The Hall–Kier alpha value is -4.39. The normalized spacial score (nSPS) is 32.4. The lowest BCUT2D eigenvalue weighted by Crippen LogP contribution is -2.53. The highest BCUT2D eigenvalue weighted by molar-refractivity contribution is 6.31. The van der Waals surface area contributed by atoms with Crippen LogP contribution in [0.2, 0.25) is 0 Å². The van der Waals surface area contributed by atoms with Gasteiger partial charge in [-0.2, -0.15) is 0 Å². The second-order valence-corrected chi connectivity index (χ2v) is 12.9. The van der Waals surface area contributed by atoms with Gasteiger partial charge in [0.1, 0.15) is 23.5 Å². The number of rotatable bonds is 0. The zero-order valence-electron chi connectivity index (χ0n) is 27.3. The first-order valence-corrected chi connectivity index (χ1v) is 15.4. The second kappa shape index (κ2) is 13.4. The van der Waals surface area contributed by atoms with Crippen molar-refractivity contribution in [1.82, 2.24) is 5.32 Å². The van der Waals surface area contributed by atoms with E-state index in [1.54, 1.807) is 33.8 Å². The molecular formula is C35H41NO11. The number of hydrogen-bond acceptors (Lipinski definition) is 11. The van der Waals surface area contributed by atoms with Crippen LogP contribution in [0.1, 0.15) is 78.2 Å². The highest BCUT2D eigenvalue weighted by Gasteiger charge is 2.47. The van der Waals surface area contributed by atoms with Gasteiger partial charge in [-0.1, -0.05) is 52.0 Å². The topological polar surface area (TPSA) is 208 Å². The number of aliphatic hydroxyl groups excluding tert-OH is 3. The number of carbonyl (C=O) groups is 5. The smallest absolute Gasteiger partial charge is 0.315 e. The van der Waals surface area contributed by atoms with Gasteiger partial charge in [-0.15, -0.1) is 0 Å². The zero-order valence-corrected chi connectivity index (χ0v) is 27.3. The third kappa shape index (κ3) is 6.32. The van der Waals surface area contributed by atoms with E-state index in [0.29, 0.717) is 0 Å². The van der Waals surface area contributed by atoms with Crippen LogP contribution in [0.4, 0.5) is 0 Å². The molecule has 12 nitrogen and oxygen atoms in total. The minimum atomic E-state index is -1.36. The number of ketones is 3. The van der Waals surface area contributed by atoms with E-state index in [1.807, 2.05) is 0 Å². The fourth-order valence-corrected chi connectivity index (χ4v) is 6.45. The zero-order chi connectivity index (χ0) is 35.2. The first kappa shape index (κ1) is 35.5. The monoisotopic (exact) mass is 651 g/mol. The quantitative estimate of drug-likeness (QED) is 0.225. The molecule has 6 N–H and O–H groups in total. The lowest BCUT2D eigenvalue weighted by Gasteiger charge is -2.42. The Labute approximate surface area is 272 Å². The molecule has 47 heavy (non-hydrogen) atoms. The molecule has 1 aliphatic carbocycles. The van der Waals surface area contributed by atoms with Gasteiger partial charge in [-0.3, -0.25) is 24.0 Å². The molecule has 9 unspecified atom stereocenters. The minimum absolute atomic E-state index is 0.128. The highest BCUT2D eigenvalue weighted by atomic mass is 16.6. The fraction of sp³-hybridized carbons (Fsp3) is 0.457. The summed E-state index contributed by atoms with van der Waals surface area (Å²) in [5, 5.41) is 57.6. The van der Waals surface area contributed by atoms with E-state index in [1.165, 1.54) is 32.9 Å². The number of aromatic hydroxyl groups is 2. The predicted molar refractivity (Wildman–Crippen MR) is 168 cm³/mol. The van der Waals surface area contributed by atoms with E-state index in [-0.39, 0.29) is 16.7 Å². The predicted octanol–water partition coefficient (Wildman–Crippen LogP) is 2.60. The molecule has 6 aliphatic rings.